The zero-order chi connectivity index (χ0) is 13.8. The van der Waals surface area contributed by atoms with Crippen molar-refractivity contribution >= 4 is 12.6 Å². The maximum atomic E-state index is 4.87. The molecule has 0 aromatic heterocycles. The van der Waals surface area contributed by atoms with Gasteiger partial charge in [0.25, 0.3) is 0 Å². The van der Waals surface area contributed by atoms with Crippen LogP contribution < -0.4 is 0 Å². The summed E-state index contributed by atoms with van der Waals surface area (Å²) in [5.74, 6) is 0. The van der Waals surface area contributed by atoms with Crippen molar-refractivity contribution in [2.75, 3.05) is 7.05 Å². The van der Waals surface area contributed by atoms with Crippen molar-refractivity contribution in [1.82, 2.24) is 4.90 Å². The fraction of sp³-hybridized carbons (Fsp3) is 0.375. The second kappa shape index (κ2) is 6.14. The first-order chi connectivity index (χ1) is 8.43. The van der Waals surface area contributed by atoms with Gasteiger partial charge >= 0.3 is 0 Å². The Labute approximate surface area is 117 Å². The van der Waals surface area contributed by atoms with E-state index in [2.05, 4.69) is 69.3 Å². The summed E-state index contributed by atoms with van der Waals surface area (Å²) in [6.45, 7) is 8.31. The Hall–Kier alpha value is -1.15. The van der Waals surface area contributed by atoms with E-state index in [1.54, 1.807) is 0 Å². The lowest BCUT2D eigenvalue weighted by Crippen LogP contribution is -2.27. The number of aryl methyl sites for hydroxylation is 1. The number of hydrogen-bond donors (Lipinski definition) is 1. The van der Waals surface area contributed by atoms with Crippen LogP contribution in [0.4, 0.5) is 0 Å². The van der Waals surface area contributed by atoms with E-state index in [-0.39, 0.29) is 4.75 Å². The number of allylic oxidation sites excluding steroid dienone is 2. The van der Waals surface area contributed by atoms with Crippen molar-refractivity contribution < 1.29 is 0 Å². The Morgan fingerprint density at radius 3 is 2.22 bits per heavy atom. The molecule has 1 nitrogen and oxygen atoms in total. The van der Waals surface area contributed by atoms with Crippen molar-refractivity contribution in [2.45, 2.75) is 32.4 Å². The van der Waals surface area contributed by atoms with Crippen LogP contribution in [0.5, 0.6) is 0 Å². The molecule has 0 saturated heterocycles. The van der Waals surface area contributed by atoms with Gasteiger partial charge < -0.3 is 4.90 Å². The Balaban J connectivity index is 3.14. The molecular weight excluding hydrogens is 238 g/mol. The van der Waals surface area contributed by atoms with Crippen LogP contribution in [0.25, 0.3) is 0 Å². The molecule has 0 fully saturated rings. The molecule has 1 atom stereocenters. The maximum Gasteiger partial charge on any atom is 0.0746 e. The van der Waals surface area contributed by atoms with Crippen LogP contribution in [0.2, 0.25) is 0 Å². The third-order valence-corrected chi connectivity index (χ3v) is 3.63. The first-order valence-corrected chi connectivity index (χ1v) is 6.70. The zero-order valence-electron chi connectivity index (χ0n) is 11.9. The predicted molar refractivity (Wildman–Crippen MR) is 83.9 cm³/mol. The normalized spacial score (nSPS) is 15.8. The molecule has 18 heavy (non-hydrogen) atoms. The van der Waals surface area contributed by atoms with Crippen LogP contribution in [0.15, 0.2) is 48.3 Å². The van der Waals surface area contributed by atoms with Crippen LogP contribution in [0.1, 0.15) is 31.9 Å². The summed E-state index contributed by atoms with van der Waals surface area (Å²) >= 11 is 4.87. The third kappa shape index (κ3) is 3.20. The average molecular weight is 261 g/mol. The summed E-state index contributed by atoms with van der Waals surface area (Å²) in [6, 6.07) is 8.56. The highest BCUT2D eigenvalue weighted by molar-refractivity contribution is 7.81. The Bertz CT molecular complexity index is 441. The topological polar surface area (TPSA) is 3.24 Å². The van der Waals surface area contributed by atoms with Crippen LogP contribution in [0, 0.1) is 6.92 Å². The van der Waals surface area contributed by atoms with Crippen LogP contribution in [-0.2, 0) is 4.75 Å². The van der Waals surface area contributed by atoms with E-state index in [9.17, 15) is 0 Å². The summed E-state index contributed by atoms with van der Waals surface area (Å²) in [4.78, 5) is 2.12. The van der Waals surface area contributed by atoms with Gasteiger partial charge in [0, 0.05) is 12.7 Å². The molecule has 0 aliphatic heterocycles. The zero-order valence-corrected chi connectivity index (χ0v) is 12.8. The molecule has 0 saturated carbocycles. The van der Waals surface area contributed by atoms with Gasteiger partial charge in [-0.15, -0.1) is 0 Å². The fourth-order valence-electron chi connectivity index (χ4n) is 2.16. The second-order valence-corrected chi connectivity index (χ2v) is 5.60. The maximum absolute atomic E-state index is 4.87. The minimum absolute atomic E-state index is 0.295. The number of likely N-dealkylation sites (N-methyl/N-ethyl adjacent to an activating group) is 1. The van der Waals surface area contributed by atoms with E-state index in [4.69, 9.17) is 12.6 Å². The minimum Gasteiger partial charge on any atom is -0.354 e. The lowest BCUT2D eigenvalue weighted by molar-refractivity contribution is 0.500. The molecule has 1 aromatic rings. The molecule has 0 N–H and O–H groups in total. The molecule has 0 heterocycles. The quantitative estimate of drug-likeness (QED) is 0.781. The summed E-state index contributed by atoms with van der Waals surface area (Å²) in [6.07, 6.45) is 6.20. The van der Waals surface area contributed by atoms with Crippen molar-refractivity contribution in [2.24, 2.45) is 0 Å². The number of hydrogen-bond acceptors (Lipinski definition) is 2. The second-order valence-electron chi connectivity index (χ2n) is 4.71. The van der Waals surface area contributed by atoms with E-state index in [0.29, 0.717) is 0 Å². The fourth-order valence-corrected chi connectivity index (χ4v) is 2.59. The van der Waals surface area contributed by atoms with Gasteiger partial charge in [0.2, 0.25) is 0 Å². The van der Waals surface area contributed by atoms with Gasteiger partial charge in [-0.2, -0.15) is 12.6 Å². The number of thiol groups is 1. The first kappa shape index (κ1) is 14.9. The van der Waals surface area contributed by atoms with Gasteiger partial charge in [0.1, 0.15) is 0 Å². The Kier molecular flexibility index (Phi) is 5.09. The molecule has 0 bridgehead atoms. The standard InChI is InChI=1S/C16H23NS/c1-6-12-17(5)15(7-2)16(4,18)14-10-8-13(3)9-11-14/h6-12,18H,1-5H3/b12-6+,15-7-. The van der Waals surface area contributed by atoms with Crippen molar-refractivity contribution in [3.63, 3.8) is 0 Å². The van der Waals surface area contributed by atoms with Gasteiger partial charge in [-0.3, -0.25) is 0 Å². The minimum atomic E-state index is -0.295. The number of benzene rings is 1. The van der Waals surface area contributed by atoms with E-state index < -0.39 is 0 Å². The number of rotatable bonds is 4. The smallest absolute Gasteiger partial charge is 0.0746 e. The molecular formula is C16H23NS. The van der Waals surface area contributed by atoms with Crippen molar-refractivity contribution in [3.05, 3.63) is 59.4 Å². The molecule has 1 unspecified atom stereocenters. The predicted octanol–water partition coefficient (Wildman–Crippen LogP) is 4.51. The molecule has 0 aliphatic carbocycles. The highest BCUT2D eigenvalue weighted by Crippen LogP contribution is 2.37. The molecule has 0 radical (unpaired) electrons. The molecule has 2 heteroatoms. The van der Waals surface area contributed by atoms with Crippen molar-refractivity contribution in [3.8, 4) is 0 Å². The molecule has 98 valence electrons. The third-order valence-electron chi connectivity index (χ3n) is 3.14. The summed E-state index contributed by atoms with van der Waals surface area (Å²) in [5.41, 5.74) is 3.65. The Morgan fingerprint density at radius 2 is 1.78 bits per heavy atom. The highest BCUT2D eigenvalue weighted by atomic mass is 32.1. The van der Waals surface area contributed by atoms with E-state index in [1.165, 1.54) is 16.8 Å². The average Bonchev–Trinajstić information content (AvgIpc) is 2.30. The summed E-state index contributed by atoms with van der Waals surface area (Å²) in [7, 11) is 2.05. The van der Waals surface area contributed by atoms with Gasteiger partial charge in [0.15, 0.2) is 0 Å². The highest BCUT2D eigenvalue weighted by Gasteiger charge is 2.28. The van der Waals surface area contributed by atoms with Crippen molar-refractivity contribution in [1.29, 1.82) is 0 Å². The molecule has 0 amide bonds. The first-order valence-electron chi connectivity index (χ1n) is 6.25. The van der Waals surface area contributed by atoms with Crippen LogP contribution >= 0.6 is 12.6 Å². The van der Waals surface area contributed by atoms with E-state index >= 15 is 0 Å². The van der Waals surface area contributed by atoms with Gasteiger partial charge in [-0.05, 0) is 39.5 Å². The van der Waals surface area contributed by atoms with Gasteiger partial charge in [0.05, 0.1) is 4.75 Å². The van der Waals surface area contributed by atoms with Crippen LogP contribution in [0.3, 0.4) is 0 Å². The molecule has 0 aliphatic rings. The largest absolute Gasteiger partial charge is 0.354 e. The summed E-state index contributed by atoms with van der Waals surface area (Å²) < 4.78 is -0.295. The molecule has 0 spiro atoms. The lowest BCUT2D eigenvalue weighted by Gasteiger charge is -2.33. The lowest BCUT2D eigenvalue weighted by atomic mass is 9.94. The van der Waals surface area contributed by atoms with Gasteiger partial charge in [-0.1, -0.05) is 42.0 Å². The molecule has 1 aromatic carbocycles. The monoisotopic (exact) mass is 261 g/mol. The number of nitrogens with zero attached hydrogens (tertiary/aromatic N) is 1. The van der Waals surface area contributed by atoms with Gasteiger partial charge in [-0.25, -0.2) is 0 Å². The SMILES string of the molecule is C/C=C(\N(C)/C=C/C)C(C)(S)c1ccc(C)cc1. The van der Waals surface area contributed by atoms with E-state index in [0.717, 1.165) is 0 Å². The summed E-state index contributed by atoms with van der Waals surface area (Å²) in [5, 5.41) is 0. The van der Waals surface area contributed by atoms with E-state index in [1.807, 2.05) is 13.0 Å². The Morgan fingerprint density at radius 1 is 1.22 bits per heavy atom. The van der Waals surface area contributed by atoms with Crippen LogP contribution in [-0.4, -0.2) is 11.9 Å². The molecule has 1 rings (SSSR count).